The molecule has 62 valence electrons. The van der Waals surface area contributed by atoms with E-state index in [4.69, 9.17) is 0 Å². The molecule has 0 unspecified atom stereocenters. The molecule has 0 fully saturated rings. The maximum absolute atomic E-state index is 4.35. The minimum Gasteiger partial charge on any atom is -0.351 e. The third-order valence-electron chi connectivity index (χ3n) is 1.92. The minimum absolute atomic E-state index is 0.716. The third kappa shape index (κ3) is 1.08. The summed E-state index contributed by atoms with van der Waals surface area (Å²) in [7, 11) is 0. The van der Waals surface area contributed by atoms with E-state index >= 15 is 0 Å². The van der Waals surface area contributed by atoms with E-state index in [9.17, 15) is 0 Å². The zero-order chi connectivity index (χ0) is 8.55. The van der Waals surface area contributed by atoms with Crippen molar-refractivity contribution in [1.82, 2.24) is 9.97 Å². The molecule has 0 bridgehead atoms. The normalized spacial score (nSPS) is 10.8. The molecule has 0 saturated heterocycles. The lowest BCUT2D eigenvalue weighted by atomic mass is 10.2. The van der Waals surface area contributed by atoms with Crippen LogP contribution in [-0.2, 0) is 6.54 Å². The predicted octanol–water partition coefficient (Wildman–Crippen LogP) is 0.613. The van der Waals surface area contributed by atoms with Crippen molar-refractivity contribution >= 4 is 11.0 Å². The van der Waals surface area contributed by atoms with Crippen molar-refractivity contribution < 1.29 is 5.73 Å². The molecule has 3 nitrogen and oxygen atoms in total. The Bertz CT molecular complexity index is 403. The molecule has 0 radical (unpaired) electrons. The van der Waals surface area contributed by atoms with Crippen molar-refractivity contribution in [3.05, 3.63) is 29.6 Å². The Morgan fingerprint density at radius 3 is 3.08 bits per heavy atom. The summed E-state index contributed by atoms with van der Waals surface area (Å²) in [6, 6.07) is 6.19. The molecule has 1 heterocycles. The maximum Gasteiger partial charge on any atom is 0.162 e. The second-order valence-corrected chi connectivity index (χ2v) is 2.95. The monoisotopic (exact) mass is 162 g/mol. The highest BCUT2D eigenvalue weighted by molar-refractivity contribution is 5.75. The zero-order valence-corrected chi connectivity index (χ0v) is 7.09. The average molecular weight is 162 g/mol. The van der Waals surface area contributed by atoms with Crippen LogP contribution < -0.4 is 5.73 Å². The molecule has 0 aliphatic carbocycles. The Morgan fingerprint density at radius 2 is 2.33 bits per heavy atom. The summed E-state index contributed by atoms with van der Waals surface area (Å²) in [5.74, 6) is 0.954. The van der Waals surface area contributed by atoms with Gasteiger partial charge in [0.25, 0.3) is 0 Å². The topological polar surface area (TPSA) is 56.3 Å². The van der Waals surface area contributed by atoms with Gasteiger partial charge in [-0.05, 0) is 24.6 Å². The van der Waals surface area contributed by atoms with Gasteiger partial charge in [-0.25, -0.2) is 4.98 Å². The van der Waals surface area contributed by atoms with Crippen LogP contribution in [0.15, 0.2) is 18.2 Å². The molecule has 2 rings (SSSR count). The van der Waals surface area contributed by atoms with Crippen LogP contribution in [0.2, 0.25) is 0 Å². The van der Waals surface area contributed by atoms with Crippen molar-refractivity contribution in [3.8, 4) is 0 Å². The van der Waals surface area contributed by atoms with Gasteiger partial charge in [0.15, 0.2) is 5.82 Å². The first kappa shape index (κ1) is 7.31. The van der Waals surface area contributed by atoms with Crippen LogP contribution in [-0.4, -0.2) is 9.97 Å². The van der Waals surface area contributed by atoms with Gasteiger partial charge >= 0.3 is 0 Å². The first-order valence-electron chi connectivity index (χ1n) is 4.04. The predicted molar refractivity (Wildman–Crippen MR) is 47.4 cm³/mol. The second kappa shape index (κ2) is 2.60. The summed E-state index contributed by atoms with van der Waals surface area (Å²) in [5.41, 5.74) is 7.16. The molecule has 0 amide bonds. The summed E-state index contributed by atoms with van der Waals surface area (Å²) >= 11 is 0. The number of H-pyrrole nitrogens is 1. The molecule has 1 aromatic carbocycles. The fourth-order valence-corrected chi connectivity index (χ4v) is 1.29. The Balaban J connectivity index is 2.67. The molecule has 2 aromatic rings. The van der Waals surface area contributed by atoms with Gasteiger partial charge in [0, 0.05) is 0 Å². The summed E-state index contributed by atoms with van der Waals surface area (Å²) in [6.45, 7) is 2.79. The Hall–Kier alpha value is -1.35. The molecule has 0 saturated carbocycles. The van der Waals surface area contributed by atoms with Gasteiger partial charge in [-0.2, -0.15) is 0 Å². The van der Waals surface area contributed by atoms with Gasteiger partial charge in [-0.15, -0.1) is 0 Å². The van der Waals surface area contributed by atoms with E-state index in [1.54, 1.807) is 0 Å². The smallest absolute Gasteiger partial charge is 0.162 e. The summed E-state index contributed by atoms with van der Waals surface area (Å²) in [6.07, 6.45) is 0. The number of hydrogen-bond donors (Lipinski definition) is 2. The molecule has 0 spiro atoms. The largest absolute Gasteiger partial charge is 0.351 e. The van der Waals surface area contributed by atoms with Crippen LogP contribution in [0.5, 0.6) is 0 Å². The van der Waals surface area contributed by atoms with Gasteiger partial charge in [0.05, 0.1) is 11.0 Å². The highest BCUT2D eigenvalue weighted by Crippen LogP contribution is 2.12. The van der Waals surface area contributed by atoms with Crippen molar-refractivity contribution in [3.63, 3.8) is 0 Å². The van der Waals surface area contributed by atoms with Crippen molar-refractivity contribution in [2.24, 2.45) is 0 Å². The van der Waals surface area contributed by atoms with Gasteiger partial charge in [0.1, 0.15) is 6.54 Å². The molecule has 1 aromatic heterocycles. The van der Waals surface area contributed by atoms with Crippen LogP contribution in [0.1, 0.15) is 11.4 Å². The average Bonchev–Trinajstić information content (AvgIpc) is 2.46. The van der Waals surface area contributed by atoms with E-state index < -0.39 is 0 Å². The number of aromatic nitrogens is 2. The summed E-state index contributed by atoms with van der Waals surface area (Å²) < 4.78 is 0. The van der Waals surface area contributed by atoms with E-state index in [1.807, 2.05) is 6.07 Å². The SMILES string of the molecule is Cc1ccc2nc(C[NH3+])[nH]c2c1. The number of rotatable bonds is 1. The fraction of sp³-hybridized carbons (Fsp3) is 0.222. The Labute approximate surface area is 70.6 Å². The van der Waals surface area contributed by atoms with Crippen LogP contribution in [0, 0.1) is 6.92 Å². The third-order valence-corrected chi connectivity index (χ3v) is 1.92. The fourth-order valence-electron chi connectivity index (χ4n) is 1.29. The van der Waals surface area contributed by atoms with Crippen LogP contribution in [0.3, 0.4) is 0 Å². The van der Waals surface area contributed by atoms with E-state index in [2.05, 4.69) is 34.8 Å². The lowest BCUT2D eigenvalue weighted by Crippen LogP contribution is -2.47. The molecule has 12 heavy (non-hydrogen) atoms. The molecule has 3 heteroatoms. The summed E-state index contributed by atoms with van der Waals surface area (Å²) in [5, 5.41) is 0. The van der Waals surface area contributed by atoms with Gasteiger partial charge < -0.3 is 10.7 Å². The number of imidazole rings is 1. The van der Waals surface area contributed by atoms with E-state index in [0.29, 0.717) is 6.54 Å². The molecule has 0 atom stereocenters. The summed E-state index contributed by atoms with van der Waals surface area (Å²) in [4.78, 5) is 7.57. The van der Waals surface area contributed by atoms with Crippen LogP contribution in [0.4, 0.5) is 0 Å². The number of nitrogens with one attached hydrogen (secondary N) is 1. The lowest BCUT2D eigenvalue weighted by Gasteiger charge is -1.89. The number of fused-ring (bicyclic) bond motifs is 1. The van der Waals surface area contributed by atoms with Crippen LogP contribution >= 0.6 is 0 Å². The van der Waals surface area contributed by atoms with E-state index in [-0.39, 0.29) is 0 Å². The number of benzene rings is 1. The first-order chi connectivity index (χ1) is 5.79. The van der Waals surface area contributed by atoms with E-state index in [1.165, 1.54) is 5.56 Å². The van der Waals surface area contributed by atoms with Crippen molar-refractivity contribution in [1.29, 1.82) is 0 Å². The molecule has 0 aliphatic heterocycles. The Kier molecular flexibility index (Phi) is 1.59. The Morgan fingerprint density at radius 1 is 1.50 bits per heavy atom. The molecule has 4 N–H and O–H groups in total. The molecular formula is C9H12N3+. The van der Waals surface area contributed by atoms with Crippen molar-refractivity contribution in [2.75, 3.05) is 0 Å². The quantitative estimate of drug-likeness (QED) is 0.634. The minimum atomic E-state index is 0.716. The number of quaternary nitrogens is 1. The number of aromatic amines is 1. The standard InChI is InChI=1S/C9H11N3/c1-6-2-3-7-8(4-6)12-9(5-10)11-7/h2-4H,5,10H2,1H3,(H,11,12)/p+1. The zero-order valence-electron chi connectivity index (χ0n) is 7.09. The van der Waals surface area contributed by atoms with E-state index in [0.717, 1.165) is 16.9 Å². The number of hydrogen-bond acceptors (Lipinski definition) is 1. The maximum atomic E-state index is 4.35. The number of aryl methyl sites for hydroxylation is 1. The van der Waals surface area contributed by atoms with Crippen molar-refractivity contribution in [2.45, 2.75) is 13.5 Å². The van der Waals surface area contributed by atoms with Gasteiger partial charge in [-0.1, -0.05) is 6.07 Å². The second-order valence-electron chi connectivity index (χ2n) is 2.95. The number of nitrogens with zero attached hydrogens (tertiary/aromatic N) is 1. The van der Waals surface area contributed by atoms with Gasteiger partial charge in [-0.3, -0.25) is 0 Å². The lowest BCUT2D eigenvalue weighted by molar-refractivity contribution is -0.388. The highest BCUT2D eigenvalue weighted by Gasteiger charge is 2.00. The molecule has 0 aliphatic rings. The first-order valence-corrected chi connectivity index (χ1v) is 4.04. The molecular weight excluding hydrogens is 150 g/mol. The van der Waals surface area contributed by atoms with Crippen LogP contribution in [0.25, 0.3) is 11.0 Å². The highest BCUT2D eigenvalue weighted by atomic mass is 14.9. The van der Waals surface area contributed by atoms with Gasteiger partial charge in [0.2, 0.25) is 0 Å².